The summed E-state index contributed by atoms with van der Waals surface area (Å²) in [6.07, 6.45) is 8.20. The second-order valence-corrected chi connectivity index (χ2v) is 2.99. The highest BCUT2D eigenvalue weighted by molar-refractivity contribution is 4.97. The van der Waals surface area contributed by atoms with Gasteiger partial charge in [-0.25, -0.2) is 15.0 Å². The Labute approximate surface area is 82.7 Å². The van der Waals surface area contributed by atoms with Crippen molar-refractivity contribution in [2.75, 3.05) is 0 Å². The third kappa shape index (κ3) is 1.79. The van der Waals surface area contributed by atoms with Crippen molar-refractivity contribution in [3.63, 3.8) is 0 Å². The van der Waals surface area contributed by atoms with Crippen LogP contribution in [-0.4, -0.2) is 19.5 Å². The molecule has 0 aliphatic carbocycles. The van der Waals surface area contributed by atoms with Crippen molar-refractivity contribution in [2.24, 2.45) is 0 Å². The van der Waals surface area contributed by atoms with Crippen LogP contribution in [0.4, 0.5) is 0 Å². The van der Waals surface area contributed by atoms with Gasteiger partial charge in [-0.05, 0) is 6.07 Å². The number of aromatic nitrogens is 4. The minimum absolute atomic E-state index is 0.698. The van der Waals surface area contributed by atoms with Crippen LogP contribution in [0.15, 0.2) is 30.9 Å². The molecule has 0 aromatic carbocycles. The highest BCUT2D eigenvalue weighted by Gasteiger charge is 2.01. The fourth-order valence-electron chi connectivity index (χ4n) is 1.36. The highest BCUT2D eigenvalue weighted by atomic mass is 15.1. The molecule has 0 unspecified atom stereocenters. The molecule has 4 nitrogen and oxygen atoms in total. The molecule has 0 saturated heterocycles. The minimum Gasteiger partial charge on any atom is -0.327 e. The Kier molecular flexibility index (Phi) is 2.53. The van der Waals surface area contributed by atoms with Gasteiger partial charge >= 0.3 is 0 Å². The molecule has 2 aromatic rings. The van der Waals surface area contributed by atoms with Crippen LogP contribution in [0.1, 0.15) is 18.6 Å². The second-order valence-electron chi connectivity index (χ2n) is 2.99. The summed E-state index contributed by atoms with van der Waals surface area (Å²) in [6.45, 7) is 2.79. The molecule has 0 fully saturated rings. The zero-order valence-corrected chi connectivity index (χ0v) is 8.09. The lowest BCUT2D eigenvalue weighted by molar-refractivity contribution is 0.696. The maximum atomic E-state index is 4.24. The third-order valence-electron chi connectivity index (χ3n) is 2.05. The van der Waals surface area contributed by atoms with Crippen LogP contribution >= 0.6 is 0 Å². The first-order valence-corrected chi connectivity index (χ1v) is 4.66. The number of hydrogen-bond donors (Lipinski definition) is 0. The maximum absolute atomic E-state index is 4.24. The van der Waals surface area contributed by atoms with Crippen LogP contribution in [0.3, 0.4) is 0 Å². The SMILES string of the molecule is CCc1nccn1Cc1ncccn1. The zero-order chi connectivity index (χ0) is 9.80. The molecule has 0 radical (unpaired) electrons. The van der Waals surface area contributed by atoms with E-state index in [1.165, 1.54) is 0 Å². The van der Waals surface area contributed by atoms with Gasteiger partial charge in [0.2, 0.25) is 0 Å². The monoisotopic (exact) mass is 188 g/mol. The van der Waals surface area contributed by atoms with Crippen molar-refractivity contribution >= 4 is 0 Å². The highest BCUT2D eigenvalue weighted by Crippen LogP contribution is 2.01. The molecule has 0 aliphatic heterocycles. The molecule has 2 heterocycles. The lowest BCUT2D eigenvalue weighted by atomic mass is 10.4. The first kappa shape index (κ1) is 8.87. The third-order valence-corrected chi connectivity index (χ3v) is 2.05. The number of aryl methyl sites for hydroxylation is 1. The van der Waals surface area contributed by atoms with Gasteiger partial charge in [0.15, 0.2) is 0 Å². The summed E-state index contributed by atoms with van der Waals surface area (Å²) >= 11 is 0. The lowest BCUT2D eigenvalue weighted by Gasteiger charge is -2.03. The van der Waals surface area contributed by atoms with Gasteiger partial charge in [0.05, 0.1) is 6.54 Å². The molecule has 0 spiro atoms. The van der Waals surface area contributed by atoms with E-state index < -0.39 is 0 Å². The molecule has 0 bridgehead atoms. The van der Waals surface area contributed by atoms with Gasteiger partial charge in [0.25, 0.3) is 0 Å². The average Bonchev–Trinajstić information content (AvgIpc) is 2.67. The van der Waals surface area contributed by atoms with E-state index >= 15 is 0 Å². The van der Waals surface area contributed by atoms with E-state index in [2.05, 4.69) is 26.4 Å². The van der Waals surface area contributed by atoms with Crippen LogP contribution < -0.4 is 0 Å². The fourth-order valence-corrected chi connectivity index (χ4v) is 1.36. The number of rotatable bonds is 3. The van der Waals surface area contributed by atoms with Crippen molar-refractivity contribution in [1.82, 2.24) is 19.5 Å². The molecule has 72 valence electrons. The van der Waals surface area contributed by atoms with E-state index in [0.717, 1.165) is 18.1 Å². The van der Waals surface area contributed by atoms with E-state index in [1.807, 2.05) is 18.5 Å². The van der Waals surface area contributed by atoms with E-state index in [1.54, 1.807) is 12.4 Å². The number of imidazole rings is 1. The molecule has 2 aromatic heterocycles. The van der Waals surface area contributed by atoms with Crippen molar-refractivity contribution in [2.45, 2.75) is 19.9 Å². The predicted octanol–water partition coefficient (Wildman–Crippen LogP) is 1.28. The Morgan fingerprint density at radius 2 is 1.93 bits per heavy atom. The van der Waals surface area contributed by atoms with Crippen LogP contribution in [0.5, 0.6) is 0 Å². The summed E-state index contributed by atoms with van der Waals surface area (Å²) in [7, 11) is 0. The van der Waals surface area contributed by atoms with Gasteiger partial charge in [0.1, 0.15) is 11.6 Å². The van der Waals surface area contributed by atoms with Crippen molar-refractivity contribution < 1.29 is 0 Å². The summed E-state index contributed by atoms with van der Waals surface area (Å²) < 4.78 is 2.06. The van der Waals surface area contributed by atoms with Crippen LogP contribution in [0, 0.1) is 0 Å². The topological polar surface area (TPSA) is 43.6 Å². The summed E-state index contributed by atoms with van der Waals surface area (Å²) in [5.74, 6) is 1.89. The molecular weight excluding hydrogens is 176 g/mol. The van der Waals surface area contributed by atoms with Crippen molar-refractivity contribution in [1.29, 1.82) is 0 Å². The van der Waals surface area contributed by atoms with Gasteiger partial charge in [-0.2, -0.15) is 0 Å². The molecular formula is C10H12N4. The normalized spacial score (nSPS) is 10.4. The Bertz CT molecular complexity index is 394. The zero-order valence-electron chi connectivity index (χ0n) is 8.09. The number of nitrogens with zero attached hydrogens (tertiary/aromatic N) is 4. The fraction of sp³-hybridized carbons (Fsp3) is 0.300. The van der Waals surface area contributed by atoms with E-state index in [-0.39, 0.29) is 0 Å². The van der Waals surface area contributed by atoms with Gasteiger partial charge in [-0.1, -0.05) is 6.92 Å². The molecule has 2 rings (SSSR count). The summed E-state index contributed by atoms with van der Waals surface area (Å²) in [6, 6.07) is 1.82. The predicted molar refractivity (Wildman–Crippen MR) is 52.7 cm³/mol. The number of hydrogen-bond acceptors (Lipinski definition) is 3. The maximum Gasteiger partial charge on any atom is 0.147 e. The molecule has 0 N–H and O–H groups in total. The van der Waals surface area contributed by atoms with Crippen LogP contribution in [0.2, 0.25) is 0 Å². The molecule has 0 aliphatic rings. The molecule has 4 heteroatoms. The molecule has 0 amide bonds. The van der Waals surface area contributed by atoms with Gasteiger partial charge in [0, 0.05) is 31.2 Å². The Hall–Kier alpha value is -1.71. The van der Waals surface area contributed by atoms with Gasteiger partial charge in [-0.3, -0.25) is 0 Å². The summed E-state index contributed by atoms with van der Waals surface area (Å²) in [4.78, 5) is 12.6. The quantitative estimate of drug-likeness (QED) is 0.728. The average molecular weight is 188 g/mol. The second kappa shape index (κ2) is 4.00. The molecule has 14 heavy (non-hydrogen) atoms. The van der Waals surface area contributed by atoms with Gasteiger partial charge < -0.3 is 4.57 Å². The summed E-state index contributed by atoms with van der Waals surface area (Å²) in [5, 5.41) is 0. The lowest BCUT2D eigenvalue weighted by Crippen LogP contribution is -2.06. The van der Waals surface area contributed by atoms with E-state index in [9.17, 15) is 0 Å². The summed E-state index contributed by atoms with van der Waals surface area (Å²) in [5.41, 5.74) is 0. The van der Waals surface area contributed by atoms with E-state index in [0.29, 0.717) is 6.54 Å². The minimum atomic E-state index is 0.698. The first-order valence-electron chi connectivity index (χ1n) is 4.66. The molecule has 0 saturated carbocycles. The first-order chi connectivity index (χ1) is 6.90. The van der Waals surface area contributed by atoms with Crippen LogP contribution in [0.25, 0.3) is 0 Å². The van der Waals surface area contributed by atoms with Crippen molar-refractivity contribution in [3.8, 4) is 0 Å². The Balaban J connectivity index is 2.19. The molecule has 0 atom stereocenters. The van der Waals surface area contributed by atoms with E-state index in [4.69, 9.17) is 0 Å². The smallest absolute Gasteiger partial charge is 0.147 e. The Morgan fingerprint density at radius 3 is 2.64 bits per heavy atom. The standard InChI is InChI=1S/C10H12N4/c1-2-10-13-6-7-14(10)8-9-11-4-3-5-12-9/h3-7H,2,8H2,1H3. The Morgan fingerprint density at radius 1 is 1.14 bits per heavy atom. The largest absolute Gasteiger partial charge is 0.327 e. The van der Waals surface area contributed by atoms with Crippen LogP contribution in [-0.2, 0) is 13.0 Å². The van der Waals surface area contributed by atoms with Crippen molar-refractivity contribution in [3.05, 3.63) is 42.5 Å². The van der Waals surface area contributed by atoms with Gasteiger partial charge in [-0.15, -0.1) is 0 Å².